The number of carbonyl (C=O) groups is 1. The SMILES string of the molecule is Cc1cc(CNC(=O)c2cccc(-c3ccc(O)cc3)c2)ccc1OCc1cccc(NS(=O)(=O)C(C)C)c1F. The lowest BCUT2D eigenvalue weighted by Gasteiger charge is -2.15. The van der Waals surface area contributed by atoms with Gasteiger partial charge in [0.05, 0.1) is 10.9 Å². The van der Waals surface area contributed by atoms with Crippen LogP contribution in [0.1, 0.15) is 40.9 Å². The fraction of sp³-hybridized carbons (Fsp3) is 0.194. The summed E-state index contributed by atoms with van der Waals surface area (Å²) in [5.41, 5.74) is 4.04. The van der Waals surface area contributed by atoms with Crippen LogP contribution in [0.2, 0.25) is 0 Å². The van der Waals surface area contributed by atoms with Gasteiger partial charge in [-0.1, -0.05) is 48.5 Å². The molecule has 4 aromatic rings. The van der Waals surface area contributed by atoms with Crippen molar-refractivity contribution in [3.63, 3.8) is 0 Å². The maximum absolute atomic E-state index is 14.9. The van der Waals surface area contributed by atoms with Gasteiger partial charge in [0.2, 0.25) is 10.0 Å². The number of aryl methyl sites for hydroxylation is 1. The summed E-state index contributed by atoms with van der Waals surface area (Å²) in [4.78, 5) is 12.8. The summed E-state index contributed by atoms with van der Waals surface area (Å²) >= 11 is 0. The lowest BCUT2D eigenvalue weighted by atomic mass is 10.0. The average Bonchev–Trinajstić information content (AvgIpc) is 2.93. The Balaban J connectivity index is 1.37. The maximum atomic E-state index is 14.9. The van der Waals surface area contributed by atoms with E-state index in [9.17, 15) is 22.7 Å². The Labute approximate surface area is 233 Å². The van der Waals surface area contributed by atoms with E-state index in [1.807, 2.05) is 31.2 Å². The number of rotatable bonds is 10. The fourth-order valence-corrected chi connectivity index (χ4v) is 4.66. The molecule has 0 unspecified atom stereocenters. The molecule has 0 aromatic heterocycles. The first-order valence-electron chi connectivity index (χ1n) is 12.7. The monoisotopic (exact) mass is 562 g/mol. The Kier molecular flexibility index (Phi) is 8.74. The van der Waals surface area contributed by atoms with E-state index in [0.29, 0.717) is 17.9 Å². The predicted octanol–water partition coefficient (Wildman–Crippen LogP) is 6.17. The lowest BCUT2D eigenvalue weighted by molar-refractivity contribution is 0.0951. The number of hydrogen-bond donors (Lipinski definition) is 3. The zero-order chi connectivity index (χ0) is 28.9. The maximum Gasteiger partial charge on any atom is 0.251 e. The summed E-state index contributed by atoms with van der Waals surface area (Å²) in [6, 6.07) is 24.0. The molecule has 208 valence electrons. The molecule has 0 bridgehead atoms. The van der Waals surface area contributed by atoms with Gasteiger partial charge in [-0.05, 0) is 79.4 Å². The smallest absolute Gasteiger partial charge is 0.251 e. The quantitative estimate of drug-likeness (QED) is 0.215. The zero-order valence-electron chi connectivity index (χ0n) is 22.4. The Morgan fingerprint density at radius 1 is 0.950 bits per heavy atom. The second-order valence-electron chi connectivity index (χ2n) is 9.67. The molecule has 1 amide bonds. The molecule has 7 nitrogen and oxygen atoms in total. The summed E-state index contributed by atoms with van der Waals surface area (Å²) in [5, 5.41) is 11.7. The Morgan fingerprint density at radius 2 is 1.68 bits per heavy atom. The molecule has 0 aliphatic rings. The summed E-state index contributed by atoms with van der Waals surface area (Å²) in [6.07, 6.45) is 0. The predicted molar refractivity (Wildman–Crippen MR) is 154 cm³/mol. The molecule has 0 radical (unpaired) electrons. The zero-order valence-corrected chi connectivity index (χ0v) is 23.3. The molecule has 0 atom stereocenters. The fourth-order valence-electron chi connectivity index (χ4n) is 3.96. The van der Waals surface area contributed by atoms with E-state index >= 15 is 0 Å². The highest BCUT2D eigenvalue weighted by molar-refractivity contribution is 7.93. The number of anilines is 1. The Bertz CT molecular complexity index is 1620. The highest BCUT2D eigenvalue weighted by Crippen LogP contribution is 2.25. The van der Waals surface area contributed by atoms with Crippen molar-refractivity contribution in [1.82, 2.24) is 5.32 Å². The molecular weight excluding hydrogens is 531 g/mol. The normalized spacial score (nSPS) is 11.3. The number of hydrogen-bond acceptors (Lipinski definition) is 5. The second-order valence-corrected chi connectivity index (χ2v) is 11.9. The number of carbonyl (C=O) groups excluding carboxylic acids is 1. The first kappa shape index (κ1) is 28.6. The van der Waals surface area contributed by atoms with Crippen LogP contribution in [0.25, 0.3) is 11.1 Å². The van der Waals surface area contributed by atoms with Gasteiger partial charge < -0.3 is 15.2 Å². The third-order valence-electron chi connectivity index (χ3n) is 6.35. The number of phenolic OH excluding ortho intramolecular Hbond substituents is 1. The van der Waals surface area contributed by atoms with Crippen LogP contribution in [0, 0.1) is 12.7 Å². The van der Waals surface area contributed by atoms with E-state index in [2.05, 4.69) is 10.0 Å². The molecule has 0 spiro atoms. The van der Waals surface area contributed by atoms with E-state index < -0.39 is 21.1 Å². The van der Waals surface area contributed by atoms with Gasteiger partial charge in [0, 0.05) is 17.7 Å². The molecule has 4 aromatic carbocycles. The summed E-state index contributed by atoms with van der Waals surface area (Å²) < 4.78 is 47.3. The van der Waals surface area contributed by atoms with Gasteiger partial charge in [0.1, 0.15) is 18.1 Å². The van der Waals surface area contributed by atoms with Gasteiger partial charge in [-0.25, -0.2) is 12.8 Å². The molecule has 0 aliphatic carbocycles. The molecule has 3 N–H and O–H groups in total. The molecule has 0 aliphatic heterocycles. The van der Waals surface area contributed by atoms with E-state index in [4.69, 9.17) is 4.74 Å². The van der Waals surface area contributed by atoms with Gasteiger partial charge in [-0.2, -0.15) is 0 Å². The highest BCUT2D eigenvalue weighted by atomic mass is 32.2. The average molecular weight is 563 g/mol. The van der Waals surface area contributed by atoms with Crippen molar-refractivity contribution < 1.29 is 27.4 Å². The first-order valence-corrected chi connectivity index (χ1v) is 14.3. The molecule has 0 fully saturated rings. The minimum atomic E-state index is -3.68. The number of benzene rings is 4. The van der Waals surface area contributed by atoms with Gasteiger partial charge in [0.15, 0.2) is 5.82 Å². The van der Waals surface area contributed by atoms with Crippen molar-refractivity contribution in [1.29, 1.82) is 0 Å². The topological polar surface area (TPSA) is 105 Å². The number of nitrogens with one attached hydrogen (secondary N) is 2. The highest BCUT2D eigenvalue weighted by Gasteiger charge is 2.19. The van der Waals surface area contributed by atoms with Crippen molar-refractivity contribution in [2.45, 2.75) is 39.2 Å². The molecule has 0 saturated carbocycles. The number of aromatic hydroxyl groups is 1. The number of halogens is 1. The van der Waals surface area contributed by atoms with E-state index in [-0.39, 0.29) is 29.5 Å². The van der Waals surface area contributed by atoms with E-state index in [1.165, 1.54) is 19.9 Å². The molecular formula is C31H31FN2O5S. The van der Waals surface area contributed by atoms with Gasteiger partial charge in [-0.3, -0.25) is 9.52 Å². The van der Waals surface area contributed by atoms with Crippen LogP contribution in [0.4, 0.5) is 10.1 Å². The number of phenols is 1. The molecule has 4 rings (SSSR count). The van der Waals surface area contributed by atoms with Crippen molar-refractivity contribution in [3.8, 4) is 22.6 Å². The lowest BCUT2D eigenvalue weighted by Crippen LogP contribution is -2.23. The first-order chi connectivity index (χ1) is 19.0. The minimum Gasteiger partial charge on any atom is -0.508 e. The van der Waals surface area contributed by atoms with Crippen molar-refractivity contribution in [3.05, 3.63) is 113 Å². The van der Waals surface area contributed by atoms with E-state index in [0.717, 1.165) is 22.3 Å². The van der Waals surface area contributed by atoms with Gasteiger partial charge in [-0.15, -0.1) is 0 Å². The van der Waals surface area contributed by atoms with Gasteiger partial charge in [0.25, 0.3) is 5.91 Å². The van der Waals surface area contributed by atoms with Crippen LogP contribution < -0.4 is 14.8 Å². The van der Waals surface area contributed by atoms with Crippen LogP contribution in [-0.4, -0.2) is 24.7 Å². The van der Waals surface area contributed by atoms with Crippen molar-refractivity contribution >= 4 is 21.6 Å². The van der Waals surface area contributed by atoms with Gasteiger partial charge >= 0.3 is 0 Å². The van der Waals surface area contributed by atoms with Crippen molar-refractivity contribution in [2.24, 2.45) is 0 Å². The molecule has 0 heterocycles. The van der Waals surface area contributed by atoms with Crippen LogP contribution in [0.5, 0.6) is 11.5 Å². The summed E-state index contributed by atoms with van der Waals surface area (Å²) in [6.45, 7) is 5.10. The summed E-state index contributed by atoms with van der Waals surface area (Å²) in [5.74, 6) is -0.178. The van der Waals surface area contributed by atoms with Crippen LogP contribution >= 0.6 is 0 Å². The number of amides is 1. The second kappa shape index (κ2) is 12.2. The van der Waals surface area contributed by atoms with Crippen LogP contribution in [0.3, 0.4) is 0 Å². The molecule has 0 saturated heterocycles. The standard InChI is InChI=1S/C31H31FN2O5S/c1-20(2)40(37,38)34-28-9-5-8-26(30(28)32)19-39-29-15-10-22(16-21(29)3)18-33-31(36)25-7-4-6-24(17-25)23-11-13-27(35)14-12-23/h4-17,20,34-35H,18-19H2,1-3H3,(H,33,36). The largest absolute Gasteiger partial charge is 0.508 e. The summed E-state index contributed by atoms with van der Waals surface area (Å²) in [7, 11) is -3.68. The molecule has 9 heteroatoms. The Morgan fingerprint density at radius 3 is 2.38 bits per heavy atom. The molecule has 40 heavy (non-hydrogen) atoms. The number of sulfonamides is 1. The minimum absolute atomic E-state index is 0.0859. The van der Waals surface area contributed by atoms with Crippen molar-refractivity contribution in [2.75, 3.05) is 4.72 Å². The third kappa shape index (κ3) is 6.98. The Hall–Kier alpha value is -4.37. The number of ether oxygens (including phenoxy) is 1. The van der Waals surface area contributed by atoms with E-state index in [1.54, 1.807) is 54.6 Å². The van der Waals surface area contributed by atoms with Crippen LogP contribution in [0.15, 0.2) is 84.9 Å². The third-order valence-corrected chi connectivity index (χ3v) is 8.10. The van der Waals surface area contributed by atoms with Crippen LogP contribution in [-0.2, 0) is 23.2 Å².